The van der Waals surface area contributed by atoms with E-state index in [1.165, 1.54) is 16.9 Å². The van der Waals surface area contributed by atoms with Crippen LogP contribution in [-0.4, -0.2) is 54.1 Å². The second kappa shape index (κ2) is 8.51. The molecule has 0 aromatic heterocycles. The molecule has 2 amide bonds. The number of carbonyl (C=O) groups is 3. The summed E-state index contributed by atoms with van der Waals surface area (Å²) < 4.78 is 9.84. The van der Waals surface area contributed by atoms with Crippen molar-refractivity contribution in [2.45, 2.75) is 26.8 Å². The Balaban J connectivity index is 2.55. The standard InChI is InChI=1S/C19H24N2O5/c1-5-26-19(24)21-11-15(14-9-7-6-8-10-14)20(12-16(22)25-4)18(23)17(21)13(2)3/h6-11,13,17H,5,12H2,1-4H3. The molecule has 0 N–H and O–H groups in total. The fraction of sp³-hybridized carbons (Fsp3) is 0.421. The molecule has 26 heavy (non-hydrogen) atoms. The number of nitrogens with zero attached hydrogens (tertiary/aromatic N) is 2. The molecule has 0 radical (unpaired) electrons. The Morgan fingerprint density at radius 3 is 2.38 bits per heavy atom. The van der Waals surface area contributed by atoms with Crippen molar-refractivity contribution in [3.63, 3.8) is 0 Å². The molecule has 1 aromatic rings. The molecule has 1 aliphatic heterocycles. The van der Waals surface area contributed by atoms with Crippen LogP contribution in [0.5, 0.6) is 0 Å². The third-order valence-electron chi connectivity index (χ3n) is 4.07. The fourth-order valence-corrected chi connectivity index (χ4v) is 2.85. The summed E-state index contributed by atoms with van der Waals surface area (Å²) >= 11 is 0. The summed E-state index contributed by atoms with van der Waals surface area (Å²) in [5, 5.41) is 0. The average molecular weight is 360 g/mol. The first-order chi connectivity index (χ1) is 12.4. The van der Waals surface area contributed by atoms with Crippen LogP contribution < -0.4 is 0 Å². The summed E-state index contributed by atoms with van der Waals surface area (Å²) in [5.41, 5.74) is 1.16. The van der Waals surface area contributed by atoms with Gasteiger partial charge in [-0.2, -0.15) is 0 Å². The van der Waals surface area contributed by atoms with Crippen LogP contribution in [0, 0.1) is 5.92 Å². The zero-order valence-electron chi connectivity index (χ0n) is 15.5. The summed E-state index contributed by atoms with van der Waals surface area (Å²) in [5.74, 6) is -1.05. The van der Waals surface area contributed by atoms with Gasteiger partial charge in [0.1, 0.15) is 12.6 Å². The number of esters is 1. The van der Waals surface area contributed by atoms with Crippen molar-refractivity contribution in [2.24, 2.45) is 5.92 Å². The molecule has 0 saturated carbocycles. The highest BCUT2D eigenvalue weighted by atomic mass is 16.6. The SMILES string of the molecule is CCOC(=O)N1C=C(c2ccccc2)N(CC(=O)OC)C(=O)C1C(C)C. The lowest BCUT2D eigenvalue weighted by Gasteiger charge is -2.40. The maximum absolute atomic E-state index is 13.1. The maximum atomic E-state index is 13.1. The summed E-state index contributed by atoms with van der Waals surface area (Å²) in [7, 11) is 1.27. The molecule has 0 spiro atoms. The van der Waals surface area contributed by atoms with Gasteiger partial charge in [-0.1, -0.05) is 44.2 Å². The molecular weight excluding hydrogens is 336 g/mol. The van der Waals surface area contributed by atoms with Gasteiger partial charge in [0.25, 0.3) is 5.91 Å². The van der Waals surface area contributed by atoms with E-state index >= 15 is 0 Å². The summed E-state index contributed by atoms with van der Waals surface area (Å²) in [4.78, 5) is 40.1. The predicted molar refractivity (Wildman–Crippen MR) is 95.6 cm³/mol. The Hall–Kier alpha value is -2.83. The van der Waals surface area contributed by atoms with E-state index in [1.807, 2.05) is 44.2 Å². The molecule has 0 fully saturated rings. The Bertz CT molecular complexity index is 699. The second-order valence-electron chi connectivity index (χ2n) is 6.18. The first-order valence-corrected chi connectivity index (χ1v) is 8.51. The van der Waals surface area contributed by atoms with Crippen LogP contribution in [0.25, 0.3) is 5.70 Å². The smallest absolute Gasteiger partial charge is 0.414 e. The van der Waals surface area contributed by atoms with Crippen molar-refractivity contribution in [1.29, 1.82) is 0 Å². The second-order valence-corrected chi connectivity index (χ2v) is 6.18. The third kappa shape index (κ3) is 4.04. The van der Waals surface area contributed by atoms with Gasteiger partial charge in [0.2, 0.25) is 0 Å². The molecule has 0 saturated heterocycles. The number of carbonyl (C=O) groups excluding carboxylic acids is 3. The van der Waals surface area contributed by atoms with E-state index in [9.17, 15) is 14.4 Å². The van der Waals surface area contributed by atoms with Gasteiger partial charge in [0.05, 0.1) is 19.4 Å². The lowest BCUT2D eigenvalue weighted by molar-refractivity contribution is -0.147. The minimum absolute atomic E-state index is 0.166. The predicted octanol–water partition coefficient (Wildman–Crippen LogP) is 2.48. The van der Waals surface area contributed by atoms with E-state index in [0.29, 0.717) is 11.3 Å². The van der Waals surface area contributed by atoms with Crippen molar-refractivity contribution in [3.05, 3.63) is 42.1 Å². The molecule has 1 unspecified atom stereocenters. The fourth-order valence-electron chi connectivity index (χ4n) is 2.85. The van der Waals surface area contributed by atoms with Gasteiger partial charge < -0.3 is 9.47 Å². The van der Waals surface area contributed by atoms with Gasteiger partial charge in [0, 0.05) is 6.20 Å². The average Bonchev–Trinajstić information content (AvgIpc) is 2.63. The molecule has 1 atom stereocenters. The van der Waals surface area contributed by atoms with Gasteiger partial charge in [-0.3, -0.25) is 19.4 Å². The topological polar surface area (TPSA) is 76.2 Å². The van der Waals surface area contributed by atoms with E-state index in [1.54, 1.807) is 13.1 Å². The third-order valence-corrected chi connectivity index (χ3v) is 4.07. The number of hydrogen-bond donors (Lipinski definition) is 0. The van der Waals surface area contributed by atoms with Crippen LogP contribution in [0.4, 0.5) is 4.79 Å². The lowest BCUT2D eigenvalue weighted by Crippen LogP contribution is -2.55. The summed E-state index contributed by atoms with van der Waals surface area (Å²) in [6, 6.07) is 8.34. The highest BCUT2D eigenvalue weighted by Gasteiger charge is 2.41. The Kier molecular flexibility index (Phi) is 6.38. The number of rotatable bonds is 5. The van der Waals surface area contributed by atoms with Gasteiger partial charge >= 0.3 is 12.1 Å². The summed E-state index contributed by atoms with van der Waals surface area (Å²) in [6.45, 7) is 5.36. The van der Waals surface area contributed by atoms with E-state index < -0.39 is 18.1 Å². The highest BCUT2D eigenvalue weighted by Crippen LogP contribution is 2.30. The van der Waals surface area contributed by atoms with E-state index in [0.717, 1.165) is 0 Å². The molecule has 7 heteroatoms. The lowest BCUT2D eigenvalue weighted by atomic mass is 9.97. The minimum Gasteiger partial charge on any atom is -0.468 e. The maximum Gasteiger partial charge on any atom is 0.414 e. The van der Waals surface area contributed by atoms with E-state index in [2.05, 4.69) is 0 Å². The number of amides is 2. The van der Waals surface area contributed by atoms with Crippen molar-refractivity contribution >= 4 is 23.7 Å². The van der Waals surface area contributed by atoms with Gasteiger partial charge in [-0.05, 0) is 18.4 Å². The van der Waals surface area contributed by atoms with Crippen LogP contribution in [0.2, 0.25) is 0 Å². The molecule has 1 aromatic carbocycles. The van der Waals surface area contributed by atoms with Crippen molar-refractivity contribution in [1.82, 2.24) is 9.80 Å². The largest absolute Gasteiger partial charge is 0.468 e. The van der Waals surface area contributed by atoms with Crippen LogP contribution in [0.15, 0.2) is 36.5 Å². The van der Waals surface area contributed by atoms with Crippen molar-refractivity contribution < 1.29 is 23.9 Å². The van der Waals surface area contributed by atoms with Crippen LogP contribution in [0.3, 0.4) is 0 Å². The normalized spacial score (nSPS) is 17.2. The van der Waals surface area contributed by atoms with E-state index in [-0.39, 0.29) is 25.0 Å². The van der Waals surface area contributed by atoms with Gasteiger partial charge in [-0.15, -0.1) is 0 Å². The number of methoxy groups -OCH3 is 1. The number of benzene rings is 1. The molecular formula is C19H24N2O5. The highest BCUT2D eigenvalue weighted by molar-refractivity contribution is 5.98. The number of ether oxygens (including phenoxy) is 2. The van der Waals surface area contributed by atoms with Crippen LogP contribution in [0.1, 0.15) is 26.3 Å². The zero-order chi connectivity index (χ0) is 19.3. The van der Waals surface area contributed by atoms with Gasteiger partial charge in [0.15, 0.2) is 0 Å². The molecule has 1 heterocycles. The number of hydrogen-bond acceptors (Lipinski definition) is 5. The molecule has 0 aliphatic carbocycles. The zero-order valence-corrected chi connectivity index (χ0v) is 15.5. The Morgan fingerprint density at radius 2 is 1.85 bits per heavy atom. The van der Waals surface area contributed by atoms with Gasteiger partial charge in [-0.25, -0.2) is 4.79 Å². The quantitative estimate of drug-likeness (QED) is 0.754. The van der Waals surface area contributed by atoms with Crippen molar-refractivity contribution in [2.75, 3.05) is 20.3 Å². The van der Waals surface area contributed by atoms with Crippen molar-refractivity contribution in [3.8, 4) is 0 Å². The van der Waals surface area contributed by atoms with E-state index in [4.69, 9.17) is 9.47 Å². The monoisotopic (exact) mass is 360 g/mol. The molecule has 140 valence electrons. The molecule has 2 rings (SSSR count). The summed E-state index contributed by atoms with van der Waals surface area (Å²) in [6.07, 6.45) is 0.980. The first kappa shape index (κ1) is 19.5. The molecule has 0 bridgehead atoms. The first-order valence-electron chi connectivity index (χ1n) is 8.51. The Morgan fingerprint density at radius 1 is 1.19 bits per heavy atom. The molecule has 1 aliphatic rings. The molecule has 7 nitrogen and oxygen atoms in total. The van der Waals surface area contributed by atoms with Crippen LogP contribution in [-0.2, 0) is 19.1 Å². The minimum atomic E-state index is -0.758. The Labute approximate surface area is 153 Å². The van der Waals surface area contributed by atoms with Crippen LogP contribution >= 0.6 is 0 Å².